The largest absolute Gasteiger partial charge is 0.329 e. The van der Waals surface area contributed by atoms with Crippen molar-refractivity contribution < 1.29 is 18.0 Å². The standard InChI is InChI=1S/C25H24N4O4S2/c1-17-8-6-7-11-23(17)35(32,33)28-25(31)27-21(14-18-9-4-3-5-10-18)24(30)29(2)19-12-13-20-22(15-19)34-16-26-20/h3-13,15-16,21H,14H2,1-2H3,(H2,27,28,31)/t21-/m0/s1. The van der Waals surface area contributed by atoms with Gasteiger partial charge in [0.05, 0.1) is 20.6 Å². The number of thiazole rings is 1. The van der Waals surface area contributed by atoms with E-state index in [1.807, 2.05) is 47.2 Å². The summed E-state index contributed by atoms with van der Waals surface area (Å²) in [4.78, 5) is 31.9. The van der Waals surface area contributed by atoms with Gasteiger partial charge in [-0.25, -0.2) is 22.9 Å². The maximum absolute atomic E-state index is 13.5. The summed E-state index contributed by atoms with van der Waals surface area (Å²) in [5.74, 6) is -0.388. The Balaban J connectivity index is 1.56. The Morgan fingerprint density at radius 3 is 2.49 bits per heavy atom. The van der Waals surface area contributed by atoms with Gasteiger partial charge in [0.1, 0.15) is 6.04 Å². The highest BCUT2D eigenvalue weighted by atomic mass is 32.2. The number of hydrogen-bond acceptors (Lipinski definition) is 6. The van der Waals surface area contributed by atoms with Gasteiger partial charge in [0, 0.05) is 19.2 Å². The highest BCUT2D eigenvalue weighted by molar-refractivity contribution is 7.90. The maximum atomic E-state index is 13.5. The topological polar surface area (TPSA) is 108 Å². The molecule has 0 bridgehead atoms. The van der Waals surface area contributed by atoms with Crippen LogP contribution >= 0.6 is 11.3 Å². The van der Waals surface area contributed by atoms with Gasteiger partial charge in [0.15, 0.2) is 0 Å². The molecule has 0 radical (unpaired) electrons. The molecule has 0 aliphatic carbocycles. The molecule has 10 heteroatoms. The molecule has 3 amide bonds. The summed E-state index contributed by atoms with van der Waals surface area (Å²) in [6, 6.07) is 19.0. The molecule has 0 saturated heterocycles. The lowest BCUT2D eigenvalue weighted by Crippen LogP contribution is -2.52. The number of amides is 3. The summed E-state index contributed by atoms with van der Waals surface area (Å²) in [5, 5.41) is 2.56. The molecular formula is C25H24N4O4S2. The molecule has 2 N–H and O–H groups in total. The van der Waals surface area contributed by atoms with E-state index in [4.69, 9.17) is 0 Å². The molecule has 0 spiro atoms. The second kappa shape index (κ2) is 10.2. The number of aromatic nitrogens is 1. The minimum atomic E-state index is -4.12. The molecule has 0 saturated carbocycles. The Hall–Kier alpha value is -3.76. The summed E-state index contributed by atoms with van der Waals surface area (Å²) in [6.07, 6.45) is 0.185. The number of nitrogens with zero attached hydrogens (tertiary/aromatic N) is 2. The van der Waals surface area contributed by atoms with Gasteiger partial charge in [-0.3, -0.25) is 4.79 Å². The van der Waals surface area contributed by atoms with Crippen LogP contribution in [0.5, 0.6) is 0 Å². The fourth-order valence-electron chi connectivity index (χ4n) is 3.69. The third kappa shape index (κ3) is 5.67. The van der Waals surface area contributed by atoms with Crippen LogP contribution < -0.4 is 14.9 Å². The van der Waals surface area contributed by atoms with E-state index in [2.05, 4.69) is 10.3 Å². The summed E-state index contributed by atoms with van der Waals surface area (Å²) < 4.78 is 28.5. The van der Waals surface area contributed by atoms with Crippen LogP contribution in [0, 0.1) is 6.92 Å². The number of aryl methyl sites for hydroxylation is 1. The Bertz CT molecular complexity index is 1470. The van der Waals surface area contributed by atoms with Crippen molar-refractivity contribution in [2.24, 2.45) is 0 Å². The van der Waals surface area contributed by atoms with Crippen LogP contribution in [0.1, 0.15) is 11.1 Å². The molecular weight excluding hydrogens is 484 g/mol. The molecule has 0 aliphatic rings. The lowest BCUT2D eigenvalue weighted by atomic mass is 10.0. The number of likely N-dealkylation sites (N-methyl/N-ethyl adjacent to an activating group) is 1. The van der Waals surface area contributed by atoms with Crippen LogP contribution in [0.4, 0.5) is 10.5 Å². The predicted molar refractivity (Wildman–Crippen MR) is 137 cm³/mol. The quantitative estimate of drug-likeness (QED) is 0.394. The van der Waals surface area contributed by atoms with Crippen molar-refractivity contribution in [3.63, 3.8) is 0 Å². The van der Waals surface area contributed by atoms with Gasteiger partial charge >= 0.3 is 6.03 Å². The molecule has 4 rings (SSSR count). The van der Waals surface area contributed by atoms with E-state index in [1.54, 1.807) is 43.7 Å². The Kier molecular flexibility index (Phi) is 7.13. The Labute approximate surface area is 207 Å². The van der Waals surface area contributed by atoms with Gasteiger partial charge in [-0.05, 0) is 42.3 Å². The van der Waals surface area contributed by atoms with E-state index in [9.17, 15) is 18.0 Å². The van der Waals surface area contributed by atoms with Crippen molar-refractivity contribution in [2.45, 2.75) is 24.3 Å². The Morgan fingerprint density at radius 1 is 1.03 bits per heavy atom. The molecule has 4 aromatic rings. The van der Waals surface area contributed by atoms with Crippen LogP contribution in [0.25, 0.3) is 10.2 Å². The minimum Gasteiger partial charge on any atom is -0.325 e. The highest BCUT2D eigenvalue weighted by Gasteiger charge is 2.28. The molecule has 1 heterocycles. The maximum Gasteiger partial charge on any atom is 0.329 e. The number of rotatable bonds is 7. The van der Waals surface area contributed by atoms with Crippen molar-refractivity contribution in [1.82, 2.24) is 15.0 Å². The average Bonchev–Trinajstić information content (AvgIpc) is 3.31. The number of nitrogens with one attached hydrogen (secondary N) is 2. The van der Waals surface area contributed by atoms with Crippen LogP contribution in [0.2, 0.25) is 0 Å². The van der Waals surface area contributed by atoms with Crippen molar-refractivity contribution in [2.75, 3.05) is 11.9 Å². The van der Waals surface area contributed by atoms with E-state index in [1.165, 1.54) is 22.3 Å². The second-order valence-electron chi connectivity index (χ2n) is 7.99. The van der Waals surface area contributed by atoms with E-state index >= 15 is 0 Å². The van der Waals surface area contributed by atoms with Crippen molar-refractivity contribution in [3.8, 4) is 0 Å². The zero-order chi connectivity index (χ0) is 25.0. The first-order valence-corrected chi connectivity index (χ1v) is 13.1. The number of carbonyl (C=O) groups excluding carboxylic acids is 2. The molecule has 8 nitrogen and oxygen atoms in total. The lowest BCUT2D eigenvalue weighted by Gasteiger charge is -2.25. The predicted octanol–water partition coefficient (Wildman–Crippen LogP) is 3.87. The molecule has 0 aliphatic heterocycles. The molecule has 0 fully saturated rings. The third-order valence-corrected chi connectivity index (χ3v) is 7.81. The summed E-state index contributed by atoms with van der Waals surface area (Å²) in [7, 11) is -2.50. The first-order chi connectivity index (χ1) is 16.7. The fraction of sp³-hybridized carbons (Fsp3) is 0.160. The van der Waals surface area contributed by atoms with Gasteiger partial charge in [0.25, 0.3) is 10.0 Å². The normalized spacial score (nSPS) is 12.2. The number of carbonyl (C=O) groups is 2. The van der Waals surface area contributed by atoms with Crippen LogP contribution in [0.3, 0.4) is 0 Å². The van der Waals surface area contributed by atoms with Crippen LogP contribution in [-0.2, 0) is 21.2 Å². The molecule has 3 aromatic carbocycles. The summed E-state index contributed by atoms with van der Waals surface area (Å²) in [5.41, 5.74) is 4.52. The fourth-order valence-corrected chi connectivity index (χ4v) is 5.56. The molecule has 0 unspecified atom stereocenters. The number of hydrogen-bond donors (Lipinski definition) is 2. The van der Waals surface area contributed by atoms with Crippen LogP contribution in [0.15, 0.2) is 83.2 Å². The summed E-state index contributed by atoms with van der Waals surface area (Å²) in [6.45, 7) is 1.64. The Morgan fingerprint density at radius 2 is 1.74 bits per heavy atom. The van der Waals surface area contributed by atoms with Gasteiger partial charge in [-0.1, -0.05) is 48.5 Å². The molecule has 35 heavy (non-hydrogen) atoms. The van der Waals surface area contributed by atoms with Gasteiger partial charge in [-0.15, -0.1) is 11.3 Å². The monoisotopic (exact) mass is 508 g/mol. The lowest BCUT2D eigenvalue weighted by molar-refractivity contribution is -0.120. The second-order valence-corrected chi connectivity index (χ2v) is 10.5. The minimum absolute atomic E-state index is 0.00364. The molecule has 180 valence electrons. The zero-order valence-electron chi connectivity index (χ0n) is 19.1. The van der Waals surface area contributed by atoms with Crippen molar-refractivity contribution in [3.05, 3.63) is 89.4 Å². The summed E-state index contributed by atoms with van der Waals surface area (Å²) >= 11 is 1.46. The molecule has 1 aromatic heterocycles. The number of sulfonamides is 1. The van der Waals surface area contributed by atoms with Crippen molar-refractivity contribution >= 4 is 49.2 Å². The first-order valence-electron chi connectivity index (χ1n) is 10.8. The van der Waals surface area contributed by atoms with E-state index in [0.717, 1.165) is 15.8 Å². The first kappa shape index (κ1) is 24.4. The third-order valence-electron chi connectivity index (χ3n) is 5.53. The number of anilines is 1. The van der Waals surface area contributed by atoms with Gasteiger partial charge in [-0.2, -0.15) is 0 Å². The van der Waals surface area contributed by atoms with Crippen molar-refractivity contribution in [1.29, 1.82) is 0 Å². The average molecular weight is 509 g/mol. The van der Waals surface area contributed by atoms with Crippen LogP contribution in [-0.4, -0.2) is 38.4 Å². The SMILES string of the molecule is Cc1ccccc1S(=O)(=O)NC(=O)N[C@@H](Cc1ccccc1)C(=O)N(C)c1ccc2ncsc2c1. The number of fused-ring (bicyclic) bond motifs is 1. The molecule has 1 atom stereocenters. The number of benzene rings is 3. The highest BCUT2D eigenvalue weighted by Crippen LogP contribution is 2.24. The smallest absolute Gasteiger partial charge is 0.325 e. The zero-order valence-corrected chi connectivity index (χ0v) is 20.8. The van der Waals surface area contributed by atoms with E-state index in [-0.39, 0.29) is 17.2 Å². The van der Waals surface area contributed by atoms with E-state index in [0.29, 0.717) is 11.3 Å². The van der Waals surface area contributed by atoms with Gasteiger partial charge in [0.2, 0.25) is 5.91 Å². The van der Waals surface area contributed by atoms with E-state index < -0.39 is 22.1 Å². The number of urea groups is 1. The van der Waals surface area contributed by atoms with Gasteiger partial charge < -0.3 is 10.2 Å².